The van der Waals surface area contributed by atoms with E-state index in [-0.39, 0.29) is 22.6 Å². The topological polar surface area (TPSA) is 111 Å². The lowest BCUT2D eigenvalue weighted by Crippen LogP contribution is -2.36. The Morgan fingerprint density at radius 2 is 1.60 bits per heavy atom. The number of carbonyl (C=O) groups excluding carboxylic acids is 4. The summed E-state index contributed by atoms with van der Waals surface area (Å²) in [6, 6.07) is 9.17. The molecule has 0 spiro atoms. The molecule has 3 amide bonds. The summed E-state index contributed by atoms with van der Waals surface area (Å²) in [6.45, 7) is -1.23. The summed E-state index contributed by atoms with van der Waals surface area (Å²) < 4.78 is 15.1. The number of benzene rings is 2. The molecule has 2 aromatic rings. The average molecular weight is 433 g/mol. The van der Waals surface area contributed by atoms with Crippen molar-refractivity contribution in [1.82, 2.24) is 4.90 Å². The Balaban J connectivity index is 1.58. The molecule has 1 aliphatic heterocycles. The number of halogens is 1. The van der Waals surface area contributed by atoms with Crippen molar-refractivity contribution in [3.05, 3.63) is 52.5 Å². The lowest BCUT2D eigenvalue weighted by Gasteiger charge is -2.14. The molecule has 3 rings (SSSR count). The Labute approximate surface area is 176 Å². The molecule has 0 atom stereocenters. The van der Waals surface area contributed by atoms with E-state index in [4.69, 9.17) is 25.8 Å². The number of esters is 1. The van der Waals surface area contributed by atoms with E-state index in [0.29, 0.717) is 10.8 Å². The smallest absolute Gasteiger partial charge is 0.326 e. The van der Waals surface area contributed by atoms with Gasteiger partial charge in [-0.2, -0.15) is 0 Å². The number of nitrogens with zero attached hydrogens (tertiary/aromatic N) is 1. The van der Waals surface area contributed by atoms with Crippen molar-refractivity contribution in [2.45, 2.75) is 0 Å². The summed E-state index contributed by atoms with van der Waals surface area (Å²) in [7, 11) is 2.82. The lowest BCUT2D eigenvalue weighted by molar-refractivity contribution is -0.147. The Morgan fingerprint density at radius 3 is 2.17 bits per heavy atom. The van der Waals surface area contributed by atoms with Crippen molar-refractivity contribution in [3.8, 4) is 11.5 Å². The minimum Gasteiger partial charge on any atom is -0.495 e. The molecule has 30 heavy (non-hydrogen) atoms. The highest BCUT2D eigenvalue weighted by Gasteiger charge is 2.36. The molecule has 156 valence electrons. The first-order valence-electron chi connectivity index (χ1n) is 8.68. The first-order chi connectivity index (χ1) is 14.3. The van der Waals surface area contributed by atoms with Gasteiger partial charge in [0.25, 0.3) is 17.7 Å². The number of fused-ring (bicyclic) bond motifs is 1. The summed E-state index contributed by atoms with van der Waals surface area (Å²) in [5, 5.41) is 2.81. The van der Waals surface area contributed by atoms with Crippen molar-refractivity contribution < 1.29 is 33.4 Å². The number of hydrogen-bond donors (Lipinski definition) is 1. The van der Waals surface area contributed by atoms with Crippen LogP contribution in [-0.2, 0) is 14.3 Å². The minimum absolute atomic E-state index is 0.219. The van der Waals surface area contributed by atoms with E-state index in [0.717, 1.165) is 4.90 Å². The number of amides is 3. The summed E-state index contributed by atoms with van der Waals surface area (Å²) in [5.74, 6) is -2.14. The third-order valence-electron chi connectivity index (χ3n) is 4.28. The molecular weight excluding hydrogens is 416 g/mol. The van der Waals surface area contributed by atoms with Crippen LogP contribution in [0, 0.1) is 0 Å². The summed E-state index contributed by atoms with van der Waals surface area (Å²) in [6.07, 6.45) is 0. The SMILES string of the molecule is COc1cc(NC(=O)COC(=O)CN2C(=O)c3ccccc3C2=O)c(OC)cc1Cl. The number of imide groups is 1. The molecule has 0 unspecified atom stereocenters. The average Bonchev–Trinajstić information content (AvgIpc) is 2.98. The molecule has 9 nitrogen and oxygen atoms in total. The van der Waals surface area contributed by atoms with Crippen LogP contribution in [0.25, 0.3) is 0 Å². The van der Waals surface area contributed by atoms with Crippen molar-refractivity contribution in [2.75, 3.05) is 32.7 Å². The van der Waals surface area contributed by atoms with Crippen LogP contribution in [0.3, 0.4) is 0 Å². The standard InChI is InChI=1S/C20H17ClN2O7/c1-28-15-8-14(16(29-2)7-13(15)21)22-17(24)10-30-18(25)9-23-19(26)11-5-3-4-6-12(11)20(23)27/h3-8H,9-10H2,1-2H3,(H,22,24). The third kappa shape index (κ3) is 4.20. The predicted molar refractivity (Wildman–Crippen MR) is 106 cm³/mol. The van der Waals surface area contributed by atoms with Gasteiger partial charge in [0, 0.05) is 12.1 Å². The fourth-order valence-corrected chi connectivity index (χ4v) is 3.08. The minimum atomic E-state index is -0.902. The quantitative estimate of drug-likeness (QED) is 0.527. The monoisotopic (exact) mass is 432 g/mol. The van der Waals surface area contributed by atoms with E-state index in [9.17, 15) is 19.2 Å². The van der Waals surface area contributed by atoms with Gasteiger partial charge in [-0.05, 0) is 12.1 Å². The molecule has 0 bridgehead atoms. The normalized spacial score (nSPS) is 12.4. The third-order valence-corrected chi connectivity index (χ3v) is 4.57. The maximum Gasteiger partial charge on any atom is 0.326 e. The Morgan fingerprint density at radius 1 is 1.00 bits per heavy atom. The first kappa shape index (κ1) is 21.1. The van der Waals surface area contributed by atoms with E-state index < -0.39 is 36.8 Å². The number of anilines is 1. The molecule has 2 aromatic carbocycles. The van der Waals surface area contributed by atoms with Crippen molar-refractivity contribution in [1.29, 1.82) is 0 Å². The van der Waals surface area contributed by atoms with Crippen molar-refractivity contribution in [3.63, 3.8) is 0 Å². The number of ether oxygens (including phenoxy) is 3. The number of methoxy groups -OCH3 is 2. The van der Waals surface area contributed by atoms with Crippen LogP contribution in [0.1, 0.15) is 20.7 Å². The molecular formula is C20H17ClN2O7. The molecule has 10 heteroatoms. The number of rotatable bonds is 7. The molecule has 1 heterocycles. The van der Waals surface area contributed by atoms with Gasteiger partial charge in [-0.15, -0.1) is 0 Å². The lowest BCUT2D eigenvalue weighted by atomic mass is 10.1. The van der Waals surface area contributed by atoms with Gasteiger partial charge in [-0.1, -0.05) is 23.7 Å². The highest BCUT2D eigenvalue weighted by atomic mass is 35.5. The van der Waals surface area contributed by atoms with E-state index in [1.807, 2.05) is 0 Å². The molecule has 0 fully saturated rings. The van der Waals surface area contributed by atoms with Gasteiger partial charge in [0.1, 0.15) is 18.0 Å². The number of hydrogen-bond acceptors (Lipinski definition) is 7. The van der Waals surface area contributed by atoms with E-state index >= 15 is 0 Å². The van der Waals surface area contributed by atoms with E-state index in [1.165, 1.54) is 38.5 Å². The van der Waals surface area contributed by atoms with E-state index in [2.05, 4.69) is 5.32 Å². The van der Waals surface area contributed by atoms with Crippen LogP contribution in [0.5, 0.6) is 11.5 Å². The number of carbonyl (C=O) groups is 4. The fourth-order valence-electron chi connectivity index (χ4n) is 2.85. The van der Waals surface area contributed by atoms with Gasteiger partial charge < -0.3 is 19.5 Å². The van der Waals surface area contributed by atoms with Gasteiger partial charge in [0.15, 0.2) is 6.61 Å². The van der Waals surface area contributed by atoms with Gasteiger partial charge in [-0.3, -0.25) is 24.1 Å². The zero-order valence-corrected chi connectivity index (χ0v) is 16.8. The Bertz CT molecular complexity index is 1000. The van der Waals surface area contributed by atoms with Crippen LogP contribution in [-0.4, -0.2) is 56.0 Å². The second-order valence-corrected chi connectivity index (χ2v) is 6.55. The van der Waals surface area contributed by atoms with Crippen LogP contribution in [0.2, 0.25) is 5.02 Å². The fraction of sp³-hybridized carbons (Fsp3) is 0.200. The van der Waals surface area contributed by atoms with Gasteiger partial charge >= 0.3 is 5.97 Å². The summed E-state index contributed by atoms with van der Waals surface area (Å²) >= 11 is 6.01. The molecule has 0 aliphatic carbocycles. The van der Waals surface area contributed by atoms with Crippen LogP contribution >= 0.6 is 11.6 Å². The molecule has 1 N–H and O–H groups in total. The van der Waals surface area contributed by atoms with Crippen LogP contribution in [0.4, 0.5) is 5.69 Å². The van der Waals surface area contributed by atoms with Gasteiger partial charge in [0.05, 0.1) is 36.1 Å². The maximum atomic E-state index is 12.3. The largest absolute Gasteiger partial charge is 0.495 e. The number of nitrogens with one attached hydrogen (secondary N) is 1. The van der Waals surface area contributed by atoms with Crippen LogP contribution in [0.15, 0.2) is 36.4 Å². The summed E-state index contributed by atoms with van der Waals surface area (Å²) in [5.41, 5.74) is 0.703. The van der Waals surface area contributed by atoms with Crippen molar-refractivity contribution >= 4 is 41.0 Å². The molecule has 0 radical (unpaired) electrons. The molecule has 1 aliphatic rings. The van der Waals surface area contributed by atoms with Crippen molar-refractivity contribution in [2.24, 2.45) is 0 Å². The van der Waals surface area contributed by atoms with Gasteiger partial charge in [0.2, 0.25) is 0 Å². The van der Waals surface area contributed by atoms with Crippen LogP contribution < -0.4 is 14.8 Å². The highest BCUT2D eigenvalue weighted by Crippen LogP contribution is 2.35. The first-order valence-corrected chi connectivity index (χ1v) is 9.05. The zero-order chi connectivity index (χ0) is 21.8. The molecule has 0 saturated carbocycles. The molecule has 0 aromatic heterocycles. The highest BCUT2D eigenvalue weighted by molar-refractivity contribution is 6.32. The predicted octanol–water partition coefficient (Wildman–Crippen LogP) is 2.14. The Kier molecular flexibility index (Phi) is 6.22. The van der Waals surface area contributed by atoms with E-state index in [1.54, 1.807) is 12.1 Å². The maximum absolute atomic E-state index is 12.3. The Hall–Kier alpha value is -3.59. The second-order valence-electron chi connectivity index (χ2n) is 6.14. The second kappa shape index (κ2) is 8.83. The summed E-state index contributed by atoms with van der Waals surface area (Å²) in [4.78, 5) is 49.5. The zero-order valence-electron chi connectivity index (χ0n) is 16.1. The molecule has 0 saturated heterocycles. The van der Waals surface area contributed by atoms with Gasteiger partial charge in [-0.25, -0.2) is 0 Å².